The fraction of sp³-hybridized carbons (Fsp3) is 0.143. The van der Waals surface area contributed by atoms with Crippen LogP contribution in [0.15, 0.2) is 46.9 Å². The van der Waals surface area contributed by atoms with Gasteiger partial charge in [-0.3, -0.25) is 9.10 Å². The molecule has 1 aromatic heterocycles. The van der Waals surface area contributed by atoms with Crippen LogP contribution in [0.1, 0.15) is 4.88 Å². The summed E-state index contributed by atoms with van der Waals surface area (Å²) < 4.78 is 25.9. The van der Waals surface area contributed by atoms with E-state index in [1.807, 2.05) is 17.5 Å². The van der Waals surface area contributed by atoms with Gasteiger partial charge in [-0.05, 0) is 58.3 Å². The van der Waals surface area contributed by atoms with Crippen molar-refractivity contribution in [2.45, 2.75) is 0 Å². The molecule has 0 aliphatic rings. The summed E-state index contributed by atoms with van der Waals surface area (Å²) in [5.74, 6) is -0.512. The molecule has 0 atom stereocenters. The molecule has 23 heavy (non-hydrogen) atoms. The van der Waals surface area contributed by atoms with E-state index in [0.717, 1.165) is 19.0 Å². The monoisotopic (exact) mass is 463 g/mol. The first-order valence-electron chi connectivity index (χ1n) is 6.45. The number of carbonyl (C=O) groups excluding carboxylic acids is 1. The fourth-order valence-corrected chi connectivity index (χ4v) is 3.51. The van der Waals surface area contributed by atoms with E-state index in [0.29, 0.717) is 5.69 Å². The highest BCUT2D eigenvalue weighted by Gasteiger charge is 2.20. The van der Waals surface area contributed by atoms with Crippen LogP contribution in [0.4, 0.5) is 5.69 Å². The average molecular weight is 463 g/mol. The first-order chi connectivity index (χ1) is 10.9. The number of nitrogens with one attached hydrogen (secondary N) is 1. The minimum Gasteiger partial charge on any atom is -0.271 e. The number of halogens is 1. The van der Waals surface area contributed by atoms with Crippen molar-refractivity contribution in [1.29, 1.82) is 0 Å². The summed E-state index contributed by atoms with van der Waals surface area (Å²) in [5, 5.41) is 5.71. The number of hydrazone groups is 1. The lowest BCUT2D eigenvalue weighted by molar-refractivity contribution is -0.119. The van der Waals surface area contributed by atoms with E-state index in [1.54, 1.807) is 24.3 Å². The molecule has 1 amide bonds. The molecular formula is C14H14IN3O3S2. The summed E-state index contributed by atoms with van der Waals surface area (Å²) in [4.78, 5) is 12.8. The van der Waals surface area contributed by atoms with Crippen LogP contribution in [0.5, 0.6) is 0 Å². The minimum absolute atomic E-state index is 0.332. The molecular weight excluding hydrogens is 449 g/mol. The first kappa shape index (κ1) is 17.9. The van der Waals surface area contributed by atoms with Gasteiger partial charge in [0.05, 0.1) is 18.2 Å². The first-order valence-corrected chi connectivity index (χ1v) is 10.3. The average Bonchev–Trinajstić information content (AvgIpc) is 2.98. The highest BCUT2D eigenvalue weighted by Crippen LogP contribution is 2.18. The highest BCUT2D eigenvalue weighted by molar-refractivity contribution is 14.1. The van der Waals surface area contributed by atoms with Crippen LogP contribution in [-0.2, 0) is 14.8 Å². The molecule has 0 radical (unpaired) electrons. The lowest BCUT2D eigenvalue weighted by atomic mass is 10.3. The Hall–Kier alpha value is -1.46. The van der Waals surface area contributed by atoms with Gasteiger partial charge in [0.25, 0.3) is 5.91 Å². The molecule has 0 aliphatic heterocycles. The van der Waals surface area contributed by atoms with E-state index in [1.165, 1.54) is 17.6 Å². The molecule has 0 aliphatic carbocycles. The normalized spacial score (nSPS) is 11.6. The Balaban J connectivity index is 2.06. The van der Waals surface area contributed by atoms with Gasteiger partial charge < -0.3 is 0 Å². The van der Waals surface area contributed by atoms with E-state index < -0.39 is 15.9 Å². The Morgan fingerprint density at radius 3 is 2.61 bits per heavy atom. The van der Waals surface area contributed by atoms with E-state index in [2.05, 4.69) is 33.1 Å². The molecule has 1 N–H and O–H groups in total. The van der Waals surface area contributed by atoms with Gasteiger partial charge in [-0.2, -0.15) is 5.10 Å². The van der Waals surface area contributed by atoms with Crippen LogP contribution in [0, 0.1) is 3.57 Å². The van der Waals surface area contributed by atoms with Gasteiger partial charge in [0, 0.05) is 8.45 Å². The Kier molecular flexibility index (Phi) is 6.13. The summed E-state index contributed by atoms with van der Waals surface area (Å²) >= 11 is 3.61. The number of nitrogens with zero attached hydrogens (tertiary/aromatic N) is 2. The zero-order chi connectivity index (χ0) is 16.9. The third kappa shape index (κ3) is 5.59. The van der Waals surface area contributed by atoms with Crippen molar-refractivity contribution < 1.29 is 13.2 Å². The standard InChI is InChI=1S/C14H14IN3O3S2/c1-23(20,21)18(12-6-4-11(15)5-7-12)10-14(19)17-16-9-13-3-2-8-22-13/h2-9H,10H2,1H3,(H,17,19)/b16-9-. The van der Waals surface area contributed by atoms with Gasteiger partial charge in [0.2, 0.25) is 10.0 Å². The van der Waals surface area contributed by atoms with Crippen LogP contribution in [0.25, 0.3) is 0 Å². The number of thiophene rings is 1. The number of carbonyl (C=O) groups is 1. The number of benzene rings is 1. The second-order valence-corrected chi connectivity index (χ2v) is 8.69. The van der Waals surface area contributed by atoms with Crippen molar-refractivity contribution in [3.05, 3.63) is 50.2 Å². The third-order valence-electron chi connectivity index (χ3n) is 2.73. The number of hydrogen-bond acceptors (Lipinski definition) is 5. The molecule has 1 aromatic carbocycles. The van der Waals surface area contributed by atoms with E-state index in [-0.39, 0.29) is 6.54 Å². The molecule has 1 heterocycles. The van der Waals surface area contributed by atoms with Crippen LogP contribution in [0.2, 0.25) is 0 Å². The highest BCUT2D eigenvalue weighted by atomic mass is 127. The predicted molar refractivity (Wildman–Crippen MR) is 101 cm³/mol. The van der Waals surface area contributed by atoms with E-state index in [9.17, 15) is 13.2 Å². The number of rotatable bonds is 6. The van der Waals surface area contributed by atoms with Crippen molar-refractivity contribution in [3.8, 4) is 0 Å². The van der Waals surface area contributed by atoms with Crippen molar-refractivity contribution in [3.63, 3.8) is 0 Å². The van der Waals surface area contributed by atoms with Gasteiger partial charge in [0.1, 0.15) is 6.54 Å². The molecule has 2 aromatic rings. The zero-order valence-electron chi connectivity index (χ0n) is 12.1. The fourth-order valence-electron chi connectivity index (χ4n) is 1.71. The van der Waals surface area contributed by atoms with E-state index >= 15 is 0 Å². The van der Waals surface area contributed by atoms with Crippen molar-refractivity contribution >= 4 is 61.8 Å². The summed E-state index contributed by atoms with van der Waals surface area (Å²) in [5.41, 5.74) is 2.77. The Labute approximate surface area is 152 Å². The molecule has 9 heteroatoms. The Morgan fingerprint density at radius 2 is 2.04 bits per heavy atom. The molecule has 0 spiro atoms. The topological polar surface area (TPSA) is 78.8 Å². The Morgan fingerprint density at radius 1 is 1.35 bits per heavy atom. The summed E-state index contributed by atoms with van der Waals surface area (Å²) in [6.45, 7) is -0.332. The SMILES string of the molecule is CS(=O)(=O)N(CC(=O)N/N=C\c1cccs1)c1ccc(I)cc1. The number of amides is 1. The van der Waals surface area contributed by atoms with Crippen LogP contribution in [-0.4, -0.2) is 33.3 Å². The van der Waals surface area contributed by atoms with Gasteiger partial charge in [0.15, 0.2) is 0 Å². The lowest BCUT2D eigenvalue weighted by Gasteiger charge is -2.21. The number of sulfonamides is 1. The third-order valence-corrected chi connectivity index (χ3v) is 5.39. The minimum atomic E-state index is -3.57. The van der Waals surface area contributed by atoms with Crippen LogP contribution < -0.4 is 9.73 Å². The van der Waals surface area contributed by atoms with Crippen LogP contribution in [0.3, 0.4) is 0 Å². The molecule has 0 saturated heterocycles. The molecule has 0 fully saturated rings. The van der Waals surface area contributed by atoms with Crippen LogP contribution >= 0.6 is 33.9 Å². The van der Waals surface area contributed by atoms with Crippen molar-refractivity contribution in [1.82, 2.24) is 5.43 Å². The summed E-state index contributed by atoms with van der Waals surface area (Å²) in [6, 6.07) is 10.6. The molecule has 2 rings (SSSR count). The van der Waals surface area contributed by atoms with Gasteiger partial charge >= 0.3 is 0 Å². The maximum absolute atomic E-state index is 11.9. The molecule has 0 bridgehead atoms. The largest absolute Gasteiger partial charge is 0.271 e. The maximum atomic E-state index is 11.9. The van der Waals surface area contributed by atoms with Crippen molar-refractivity contribution in [2.24, 2.45) is 5.10 Å². The quantitative estimate of drug-likeness (QED) is 0.406. The summed E-state index contributed by atoms with van der Waals surface area (Å²) in [6.07, 6.45) is 2.57. The smallest absolute Gasteiger partial charge is 0.260 e. The predicted octanol–water partition coefficient (Wildman–Crippen LogP) is 2.27. The molecule has 122 valence electrons. The van der Waals surface area contributed by atoms with Gasteiger partial charge in [-0.15, -0.1) is 11.3 Å². The van der Waals surface area contributed by atoms with E-state index in [4.69, 9.17) is 0 Å². The maximum Gasteiger partial charge on any atom is 0.260 e. The Bertz CT molecular complexity index is 787. The lowest BCUT2D eigenvalue weighted by Crippen LogP contribution is -2.39. The second kappa shape index (κ2) is 7.88. The van der Waals surface area contributed by atoms with Crippen molar-refractivity contribution in [2.75, 3.05) is 17.1 Å². The summed E-state index contributed by atoms with van der Waals surface area (Å²) in [7, 11) is -3.57. The van der Waals surface area contributed by atoms with Gasteiger partial charge in [-0.25, -0.2) is 13.8 Å². The number of anilines is 1. The zero-order valence-corrected chi connectivity index (χ0v) is 15.9. The second-order valence-electron chi connectivity index (χ2n) is 4.55. The molecule has 6 nitrogen and oxygen atoms in total. The molecule has 0 unspecified atom stereocenters. The van der Waals surface area contributed by atoms with Gasteiger partial charge in [-0.1, -0.05) is 6.07 Å². The molecule has 0 saturated carbocycles. The number of hydrogen-bond donors (Lipinski definition) is 1.